The fourth-order valence-corrected chi connectivity index (χ4v) is 1.50. The van der Waals surface area contributed by atoms with Crippen molar-refractivity contribution in [2.45, 2.75) is 12.9 Å². The SMILES string of the molecule is NCc1cc(I)nc(OC(F)(F)F)c1N. The summed E-state index contributed by atoms with van der Waals surface area (Å²) in [6.45, 7) is 0.0264. The molecule has 0 saturated carbocycles. The molecule has 0 bridgehead atoms. The summed E-state index contributed by atoms with van der Waals surface area (Å²) in [5, 5.41) is 0. The van der Waals surface area contributed by atoms with E-state index in [1.807, 2.05) is 0 Å². The van der Waals surface area contributed by atoms with Crippen LogP contribution in [0.15, 0.2) is 6.07 Å². The molecule has 84 valence electrons. The van der Waals surface area contributed by atoms with Crippen LogP contribution in [0.3, 0.4) is 0 Å². The van der Waals surface area contributed by atoms with Gasteiger partial charge >= 0.3 is 6.36 Å². The summed E-state index contributed by atoms with van der Waals surface area (Å²) < 4.78 is 39.8. The van der Waals surface area contributed by atoms with Crippen LogP contribution in [0.1, 0.15) is 5.56 Å². The Morgan fingerprint density at radius 2 is 2.07 bits per heavy atom. The number of hydrogen-bond donors (Lipinski definition) is 2. The van der Waals surface area contributed by atoms with E-state index in [-0.39, 0.29) is 12.2 Å². The van der Waals surface area contributed by atoms with Gasteiger partial charge in [-0.15, -0.1) is 13.2 Å². The number of ether oxygens (including phenoxy) is 1. The highest BCUT2D eigenvalue weighted by atomic mass is 127. The van der Waals surface area contributed by atoms with E-state index in [1.165, 1.54) is 6.07 Å². The highest BCUT2D eigenvalue weighted by Crippen LogP contribution is 2.29. The van der Waals surface area contributed by atoms with Crippen molar-refractivity contribution in [3.63, 3.8) is 0 Å². The second-order valence-electron chi connectivity index (χ2n) is 2.57. The van der Waals surface area contributed by atoms with Gasteiger partial charge in [0.05, 0.1) is 5.69 Å². The summed E-state index contributed by atoms with van der Waals surface area (Å²) >= 11 is 1.75. The van der Waals surface area contributed by atoms with E-state index < -0.39 is 12.2 Å². The predicted octanol–water partition coefficient (Wildman–Crippen LogP) is 1.63. The molecule has 0 fully saturated rings. The molecule has 4 N–H and O–H groups in total. The standard InChI is InChI=1S/C7H7F3IN3O/c8-7(9,10)15-6-5(13)3(2-12)1-4(11)14-6/h1H,2,12-13H2. The van der Waals surface area contributed by atoms with Gasteiger partial charge in [-0.05, 0) is 34.2 Å². The van der Waals surface area contributed by atoms with Crippen LogP contribution in [0.25, 0.3) is 0 Å². The molecular formula is C7H7F3IN3O. The molecule has 15 heavy (non-hydrogen) atoms. The minimum atomic E-state index is -4.81. The Kier molecular flexibility index (Phi) is 3.60. The highest BCUT2D eigenvalue weighted by Gasteiger charge is 2.33. The van der Waals surface area contributed by atoms with Gasteiger partial charge in [0, 0.05) is 6.54 Å². The number of anilines is 1. The van der Waals surface area contributed by atoms with Crippen molar-refractivity contribution in [3.05, 3.63) is 15.3 Å². The Morgan fingerprint density at radius 1 is 1.47 bits per heavy atom. The van der Waals surface area contributed by atoms with Gasteiger partial charge in [-0.2, -0.15) is 0 Å². The predicted molar refractivity (Wildman–Crippen MR) is 55.9 cm³/mol. The summed E-state index contributed by atoms with van der Waals surface area (Å²) in [5.74, 6) is -0.658. The molecule has 0 saturated heterocycles. The number of aromatic nitrogens is 1. The Balaban J connectivity index is 3.12. The largest absolute Gasteiger partial charge is 0.574 e. The van der Waals surface area contributed by atoms with Crippen LogP contribution in [0, 0.1) is 3.70 Å². The molecule has 0 atom stereocenters. The second-order valence-corrected chi connectivity index (χ2v) is 3.68. The Hall–Kier alpha value is -0.770. The van der Waals surface area contributed by atoms with Crippen molar-refractivity contribution < 1.29 is 17.9 Å². The van der Waals surface area contributed by atoms with Gasteiger partial charge in [0.25, 0.3) is 0 Å². The third kappa shape index (κ3) is 3.38. The lowest BCUT2D eigenvalue weighted by Crippen LogP contribution is -2.20. The van der Waals surface area contributed by atoms with Crippen LogP contribution < -0.4 is 16.2 Å². The number of nitrogen functional groups attached to an aromatic ring is 1. The van der Waals surface area contributed by atoms with Gasteiger partial charge in [-0.1, -0.05) is 0 Å². The first-order valence-electron chi connectivity index (χ1n) is 3.74. The number of alkyl halides is 3. The van der Waals surface area contributed by atoms with Crippen molar-refractivity contribution >= 4 is 28.3 Å². The van der Waals surface area contributed by atoms with Gasteiger partial charge in [0.15, 0.2) is 0 Å². The second kappa shape index (κ2) is 4.39. The van der Waals surface area contributed by atoms with Crippen LogP contribution in [-0.4, -0.2) is 11.3 Å². The molecule has 0 aliphatic carbocycles. The van der Waals surface area contributed by atoms with Crippen molar-refractivity contribution in [1.82, 2.24) is 4.98 Å². The lowest BCUT2D eigenvalue weighted by atomic mass is 10.2. The van der Waals surface area contributed by atoms with E-state index in [0.717, 1.165) is 0 Å². The lowest BCUT2D eigenvalue weighted by Gasteiger charge is -2.12. The van der Waals surface area contributed by atoms with Crippen LogP contribution in [0.4, 0.5) is 18.9 Å². The molecule has 4 nitrogen and oxygen atoms in total. The molecule has 1 aromatic rings. The summed E-state index contributed by atoms with van der Waals surface area (Å²) in [4.78, 5) is 3.53. The molecule has 0 radical (unpaired) electrons. The van der Waals surface area contributed by atoms with E-state index in [0.29, 0.717) is 9.26 Å². The van der Waals surface area contributed by atoms with Gasteiger partial charge < -0.3 is 16.2 Å². The van der Waals surface area contributed by atoms with Crippen LogP contribution in [0.5, 0.6) is 5.88 Å². The normalized spacial score (nSPS) is 11.5. The maximum Gasteiger partial charge on any atom is 0.574 e. The molecule has 1 rings (SSSR count). The fourth-order valence-electron chi connectivity index (χ4n) is 0.905. The summed E-state index contributed by atoms with van der Waals surface area (Å²) in [6.07, 6.45) is -4.81. The van der Waals surface area contributed by atoms with Crippen molar-refractivity contribution in [2.24, 2.45) is 5.73 Å². The Bertz CT molecular complexity index is 369. The van der Waals surface area contributed by atoms with Crippen LogP contribution in [-0.2, 0) is 6.54 Å². The minimum absolute atomic E-state index is 0.0264. The number of nitrogens with two attached hydrogens (primary N) is 2. The number of halogens is 4. The molecule has 0 aliphatic heterocycles. The van der Waals surface area contributed by atoms with Gasteiger partial charge in [-0.3, -0.25) is 0 Å². The third-order valence-corrected chi connectivity index (χ3v) is 2.06. The summed E-state index contributed by atoms with van der Waals surface area (Å²) in [5.41, 5.74) is 10.9. The average Bonchev–Trinajstić information content (AvgIpc) is 2.08. The molecule has 0 spiro atoms. The third-order valence-electron chi connectivity index (χ3n) is 1.51. The number of hydrogen-bond acceptors (Lipinski definition) is 4. The van der Waals surface area contributed by atoms with Gasteiger partial charge in [0.1, 0.15) is 3.70 Å². The first kappa shape index (κ1) is 12.3. The molecule has 1 aromatic heterocycles. The van der Waals surface area contributed by atoms with Crippen molar-refractivity contribution in [2.75, 3.05) is 5.73 Å². The summed E-state index contributed by atoms with van der Waals surface area (Å²) in [7, 11) is 0. The maximum atomic E-state index is 11.9. The van der Waals surface area contributed by atoms with Crippen molar-refractivity contribution in [3.8, 4) is 5.88 Å². The molecule has 8 heteroatoms. The highest BCUT2D eigenvalue weighted by molar-refractivity contribution is 14.1. The maximum absolute atomic E-state index is 11.9. The molecule has 0 aliphatic rings. The topological polar surface area (TPSA) is 74.2 Å². The molecule has 0 unspecified atom stereocenters. The van der Waals surface area contributed by atoms with Gasteiger partial charge in [-0.25, -0.2) is 4.98 Å². The first-order valence-corrected chi connectivity index (χ1v) is 4.82. The van der Waals surface area contributed by atoms with E-state index in [2.05, 4.69) is 9.72 Å². The zero-order valence-electron chi connectivity index (χ0n) is 7.31. The van der Waals surface area contributed by atoms with Crippen LogP contribution in [0.2, 0.25) is 0 Å². The Labute approximate surface area is 96.9 Å². The Morgan fingerprint density at radius 3 is 2.53 bits per heavy atom. The van der Waals surface area contributed by atoms with E-state index in [4.69, 9.17) is 11.5 Å². The number of rotatable bonds is 2. The zero-order chi connectivity index (χ0) is 11.6. The molecule has 0 aromatic carbocycles. The zero-order valence-corrected chi connectivity index (χ0v) is 9.46. The number of pyridine rings is 1. The molecule has 1 heterocycles. The van der Waals surface area contributed by atoms with E-state index in [9.17, 15) is 13.2 Å². The first-order chi connectivity index (χ1) is 6.83. The van der Waals surface area contributed by atoms with Crippen molar-refractivity contribution in [1.29, 1.82) is 0 Å². The average molecular weight is 333 g/mol. The lowest BCUT2D eigenvalue weighted by molar-refractivity contribution is -0.275. The fraction of sp³-hybridized carbons (Fsp3) is 0.286. The summed E-state index contributed by atoms with van der Waals surface area (Å²) in [6, 6.07) is 1.50. The van der Waals surface area contributed by atoms with E-state index in [1.54, 1.807) is 22.6 Å². The molecular weight excluding hydrogens is 326 g/mol. The van der Waals surface area contributed by atoms with Crippen LogP contribution >= 0.6 is 22.6 Å². The minimum Gasteiger partial charge on any atom is -0.394 e. The van der Waals surface area contributed by atoms with E-state index >= 15 is 0 Å². The monoisotopic (exact) mass is 333 g/mol. The van der Waals surface area contributed by atoms with Gasteiger partial charge in [0.2, 0.25) is 5.88 Å². The smallest absolute Gasteiger partial charge is 0.394 e. The quantitative estimate of drug-likeness (QED) is 0.637. The molecule has 0 amide bonds. The number of nitrogens with zero attached hydrogens (tertiary/aromatic N) is 1.